The fourth-order valence-electron chi connectivity index (χ4n) is 2.79. The fourth-order valence-corrected chi connectivity index (χ4v) is 2.79. The zero-order valence-corrected chi connectivity index (χ0v) is 7.79. The maximum Gasteiger partial charge on any atom is -0.00640 e. The third-order valence-electron chi connectivity index (χ3n) is 3.67. The van der Waals surface area contributed by atoms with Crippen LogP contribution in [0.1, 0.15) is 29.9 Å². The van der Waals surface area contributed by atoms with Crippen LogP contribution in [0.5, 0.6) is 0 Å². The van der Waals surface area contributed by atoms with E-state index < -0.39 is 0 Å². The predicted molar refractivity (Wildman–Crippen MR) is 54.8 cm³/mol. The van der Waals surface area contributed by atoms with Crippen LogP contribution in [0.4, 0.5) is 0 Å². The van der Waals surface area contributed by atoms with Crippen molar-refractivity contribution in [2.24, 2.45) is 5.92 Å². The van der Waals surface area contributed by atoms with Gasteiger partial charge in [-0.25, -0.2) is 0 Å². The predicted octanol–water partition coefficient (Wildman–Crippen LogP) is 3.29. The minimum absolute atomic E-state index is 0.815. The van der Waals surface area contributed by atoms with E-state index in [-0.39, 0.29) is 0 Å². The Kier molecular flexibility index (Phi) is 1.40. The van der Waals surface area contributed by atoms with E-state index in [0.29, 0.717) is 0 Å². The van der Waals surface area contributed by atoms with Crippen LogP contribution in [0, 0.1) is 5.92 Å². The summed E-state index contributed by atoms with van der Waals surface area (Å²) in [6.07, 6.45) is 3.87. The van der Waals surface area contributed by atoms with Crippen LogP contribution >= 0.6 is 0 Å². The molecule has 0 saturated heterocycles. The highest BCUT2D eigenvalue weighted by Gasteiger charge is 2.38. The molecule has 66 valence electrons. The Hall–Kier alpha value is -1.04. The number of rotatable bonds is 0. The van der Waals surface area contributed by atoms with Crippen LogP contribution in [0.3, 0.4) is 0 Å². The van der Waals surface area contributed by atoms with E-state index in [1.807, 2.05) is 0 Å². The molecule has 0 heterocycles. The van der Waals surface area contributed by atoms with E-state index in [4.69, 9.17) is 0 Å². The van der Waals surface area contributed by atoms with Crippen molar-refractivity contribution >= 4 is 0 Å². The normalized spacial score (nSPS) is 30.3. The van der Waals surface area contributed by atoms with Crippen molar-refractivity contribution in [3.8, 4) is 0 Å². The van der Waals surface area contributed by atoms with Crippen LogP contribution in [0.25, 0.3) is 0 Å². The smallest absolute Gasteiger partial charge is 0.00640 e. The summed E-state index contributed by atoms with van der Waals surface area (Å²) < 4.78 is 0. The van der Waals surface area contributed by atoms with Crippen LogP contribution in [0.2, 0.25) is 0 Å². The van der Waals surface area contributed by atoms with Gasteiger partial charge in [-0.3, -0.25) is 0 Å². The standard InChI is InChI=1S/C13H14/c1-9-8-10-4-2-3-5-12(10)13-7-6-11(9)13/h2-5,11,13H,1,6-8H2/t11-,13-/m1/s1. The molecule has 0 amide bonds. The van der Waals surface area contributed by atoms with Crippen molar-refractivity contribution in [2.75, 3.05) is 0 Å². The summed E-state index contributed by atoms with van der Waals surface area (Å²) in [6, 6.07) is 8.88. The van der Waals surface area contributed by atoms with Gasteiger partial charge in [0, 0.05) is 0 Å². The lowest BCUT2D eigenvalue weighted by Crippen LogP contribution is -2.30. The molecule has 0 aliphatic heterocycles. The van der Waals surface area contributed by atoms with Gasteiger partial charge in [0.05, 0.1) is 0 Å². The lowest BCUT2D eigenvalue weighted by Gasteiger charge is -2.43. The molecule has 2 aliphatic carbocycles. The molecule has 1 fully saturated rings. The monoisotopic (exact) mass is 170 g/mol. The lowest BCUT2D eigenvalue weighted by molar-refractivity contribution is 0.284. The van der Waals surface area contributed by atoms with E-state index >= 15 is 0 Å². The molecule has 0 spiro atoms. The zero-order valence-electron chi connectivity index (χ0n) is 7.79. The second kappa shape index (κ2) is 2.47. The molecule has 3 rings (SSSR count). The first-order valence-electron chi connectivity index (χ1n) is 5.12. The maximum absolute atomic E-state index is 4.20. The van der Waals surface area contributed by atoms with E-state index in [2.05, 4.69) is 30.8 Å². The molecule has 0 heteroatoms. The van der Waals surface area contributed by atoms with E-state index in [9.17, 15) is 0 Å². The number of fused-ring (bicyclic) bond motifs is 3. The second-order valence-electron chi connectivity index (χ2n) is 4.32. The Morgan fingerprint density at radius 1 is 1.08 bits per heavy atom. The summed E-state index contributed by atoms with van der Waals surface area (Å²) in [5.41, 5.74) is 4.59. The number of benzene rings is 1. The molecular weight excluding hydrogens is 156 g/mol. The van der Waals surface area contributed by atoms with Crippen molar-refractivity contribution in [2.45, 2.75) is 25.2 Å². The van der Waals surface area contributed by atoms with Gasteiger partial charge in [-0.05, 0) is 42.2 Å². The van der Waals surface area contributed by atoms with E-state index in [0.717, 1.165) is 18.3 Å². The highest BCUT2D eigenvalue weighted by Crippen LogP contribution is 2.51. The molecular formula is C13H14. The first kappa shape index (κ1) is 7.37. The highest BCUT2D eigenvalue weighted by molar-refractivity contribution is 5.41. The Morgan fingerprint density at radius 3 is 2.62 bits per heavy atom. The SMILES string of the molecule is C=C1Cc2ccccc2[C@@H]2CC[C@H]12. The summed E-state index contributed by atoms with van der Waals surface area (Å²) in [7, 11) is 0. The van der Waals surface area contributed by atoms with Crippen LogP contribution < -0.4 is 0 Å². The number of hydrogen-bond donors (Lipinski definition) is 0. The minimum atomic E-state index is 0.815. The van der Waals surface area contributed by atoms with Crippen LogP contribution in [0.15, 0.2) is 36.4 Å². The Bertz CT molecular complexity index is 362. The minimum Gasteiger partial charge on any atom is -0.0992 e. The molecule has 13 heavy (non-hydrogen) atoms. The van der Waals surface area contributed by atoms with Gasteiger partial charge >= 0.3 is 0 Å². The van der Waals surface area contributed by atoms with Crippen LogP contribution in [-0.2, 0) is 6.42 Å². The van der Waals surface area contributed by atoms with Crippen molar-refractivity contribution in [3.63, 3.8) is 0 Å². The molecule has 2 aliphatic rings. The fraction of sp³-hybridized carbons (Fsp3) is 0.385. The molecule has 0 unspecified atom stereocenters. The molecule has 2 atom stereocenters. The molecule has 0 bridgehead atoms. The summed E-state index contributed by atoms with van der Waals surface area (Å²) in [6.45, 7) is 4.20. The highest BCUT2D eigenvalue weighted by atomic mass is 14.4. The first-order chi connectivity index (χ1) is 6.36. The summed E-state index contributed by atoms with van der Waals surface area (Å²) in [5, 5.41) is 0. The first-order valence-corrected chi connectivity index (χ1v) is 5.12. The Morgan fingerprint density at radius 2 is 1.85 bits per heavy atom. The largest absolute Gasteiger partial charge is 0.0992 e. The van der Waals surface area contributed by atoms with E-state index in [1.54, 1.807) is 5.56 Å². The van der Waals surface area contributed by atoms with E-state index in [1.165, 1.54) is 24.0 Å². The van der Waals surface area contributed by atoms with Gasteiger partial charge in [-0.15, -0.1) is 0 Å². The van der Waals surface area contributed by atoms with Crippen molar-refractivity contribution in [1.82, 2.24) is 0 Å². The van der Waals surface area contributed by atoms with Gasteiger partial charge in [-0.1, -0.05) is 36.4 Å². The molecule has 0 aromatic heterocycles. The lowest BCUT2D eigenvalue weighted by atomic mass is 9.61. The van der Waals surface area contributed by atoms with Gasteiger partial charge < -0.3 is 0 Å². The third kappa shape index (κ3) is 0.918. The van der Waals surface area contributed by atoms with Crippen LogP contribution in [-0.4, -0.2) is 0 Å². The molecule has 1 aromatic rings. The summed E-state index contributed by atoms with van der Waals surface area (Å²) in [4.78, 5) is 0. The third-order valence-corrected chi connectivity index (χ3v) is 3.67. The molecule has 0 N–H and O–H groups in total. The Balaban J connectivity index is 2.12. The molecule has 0 radical (unpaired) electrons. The maximum atomic E-state index is 4.20. The second-order valence-corrected chi connectivity index (χ2v) is 4.32. The van der Waals surface area contributed by atoms with Crippen molar-refractivity contribution in [1.29, 1.82) is 0 Å². The number of hydrogen-bond acceptors (Lipinski definition) is 0. The van der Waals surface area contributed by atoms with Crippen molar-refractivity contribution in [3.05, 3.63) is 47.5 Å². The Labute approximate surface area is 79.3 Å². The summed E-state index contributed by atoms with van der Waals surface area (Å²) >= 11 is 0. The van der Waals surface area contributed by atoms with Gasteiger partial charge in [0.25, 0.3) is 0 Å². The average molecular weight is 170 g/mol. The topological polar surface area (TPSA) is 0 Å². The molecule has 0 nitrogen and oxygen atoms in total. The summed E-state index contributed by atoms with van der Waals surface area (Å²) in [5.74, 6) is 1.63. The zero-order chi connectivity index (χ0) is 8.84. The van der Waals surface area contributed by atoms with Gasteiger partial charge in [-0.2, -0.15) is 0 Å². The van der Waals surface area contributed by atoms with Gasteiger partial charge in [0.1, 0.15) is 0 Å². The quantitative estimate of drug-likeness (QED) is 0.524. The van der Waals surface area contributed by atoms with Gasteiger partial charge in [0.2, 0.25) is 0 Å². The van der Waals surface area contributed by atoms with Gasteiger partial charge in [0.15, 0.2) is 0 Å². The molecule has 1 aromatic carbocycles. The average Bonchev–Trinajstić information content (AvgIpc) is 2.04. The number of allylic oxidation sites excluding steroid dienone is 1. The molecule has 1 saturated carbocycles. The van der Waals surface area contributed by atoms with Crippen molar-refractivity contribution < 1.29 is 0 Å².